The lowest BCUT2D eigenvalue weighted by atomic mass is 9.82. The van der Waals surface area contributed by atoms with E-state index >= 15 is 0 Å². The molecule has 110 valence electrons. The summed E-state index contributed by atoms with van der Waals surface area (Å²) in [6.07, 6.45) is 3.80. The summed E-state index contributed by atoms with van der Waals surface area (Å²) in [6, 6.07) is 21.4. The van der Waals surface area contributed by atoms with Gasteiger partial charge in [0.15, 0.2) is 5.78 Å². The van der Waals surface area contributed by atoms with Crippen molar-refractivity contribution in [3.8, 4) is 6.07 Å². The van der Waals surface area contributed by atoms with Crippen molar-refractivity contribution < 1.29 is 4.79 Å². The molecule has 2 rings (SSSR count). The smallest absolute Gasteiger partial charge is 0.163 e. The molecule has 0 unspecified atom stereocenters. The maximum Gasteiger partial charge on any atom is 0.163 e. The minimum Gasteiger partial charge on any atom is -0.294 e. The molecule has 0 bridgehead atoms. The summed E-state index contributed by atoms with van der Waals surface area (Å²) in [5, 5.41) is 8.72. The predicted molar refractivity (Wildman–Crippen MR) is 88.5 cm³/mol. The van der Waals surface area contributed by atoms with Crippen molar-refractivity contribution in [1.82, 2.24) is 0 Å². The molecule has 0 aliphatic carbocycles. The van der Waals surface area contributed by atoms with E-state index in [4.69, 9.17) is 5.26 Å². The quantitative estimate of drug-likeness (QED) is 0.568. The number of allylic oxidation sites excluding steroid dienone is 2. The fourth-order valence-electron chi connectivity index (χ4n) is 2.58. The van der Waals surface area contributed by atoms with E-state index in [0.29, 0.717) is 6.42 Å². The molecule has 0 heterocycles. The van der Waals surface area contributed by atoms with Crippen LogP contribution in [0.3, 0.4) is 0 Å². The molecule has 0 amide bonds. The molecule has 0 fully saturated rings. The van der Waals surface area contributed by atoms with Gasteiger partial charge in [0.05, 0.1) is 6.07 Å². The van der Waals surface area contributed by atoms with Gasteiger partial charge >= 0.3 is 0 Å². The second-order valence-electron chi connectivity index (χ2n) is 5.36. The Kier molecular flexibility index (Phi) is 5.68. The summed E-state index contributed by atoms with van der Waals surface area (Å²) in [4.78, 5) is 12.5. The molecule has 0 radical (unpaired) electrons. The minimum atomic E-state index is 0.0681. The number of hydrogen-bond donors (Lipinski definition) is 0. The zero-order valence-electron chi connectivity index (χ0n) is 12.6. The van der Waals surface area contributed by atoms with E-state index in [-0.39, 0.29) is 17.6 Å². The molecule has 0 aromatic heterocycles. The molecule has 0 spiro atoms. The molecule has 0 saturated heterocycles. The van der Waals surface area contributed by atoms with Crippen LogP contribution < -0.4 is 0 Å². The van der Waals surface area contributed by atoms with E-state index in [1.807, 2.05) is 79.7 Å². The number of benzene rings is 2. The Bertz CT molecular complexity index is 668. The van der Waals surface area contributed by atoms with Crippen molar-refractivity contribution >= 4 is 5.78 Å². The Balaban J connectivity index is 2.24. The molecule has 2 atom stereocenters. The average molecular weight is 289 g/mol. The van der Waals surface area contributed by atoms with Gasteiger partial charge in [-0.05, 0) is 17.4 Å². The SMILES string of the molecule is C[C@@H](/C=C/C#N)[C@H](CC(=O)c1ccccc1)c1ccccc1. The highest BCUT2D eigenvalue weighted by Crippen LogP contribution is 2.30. The molecule has 2 aromatic carbocycles. The zero-order chi connectivity index (χ0) is 15.8. The molecule has 0 N–H and O–H groups in total. The van der Waals surface area contributed by atoms with Gasteiger partial charge in [0.2, 0.25) is 0 Å². The number of Topliss-reactive ketones (excluding diaryl/α,β-unsaturated/α-hetero) is 1. The van der Waals surface area contributed by atoms with Crippen LogP contribution in [0.5, 0.6) is 0 Å². The average Bonchev–Trinajstić information content (AvgIpc) is 2.59. The fraction of sp³-hybridized carbons (Fsp3) is 0.200. The van der Waals surface area contributed by atoms with Gasteiger partial charge in [-0.1, -0.05) is 73.7 Å². The third-order valence-electron chi connectivity index (χ3n) is 3.84. The standard InChI is InChI=1S/C20H19NO/c1-16(9-8-14-21)19(17-10-4-2-5-11-17)15-20(22)18-12-6-3-7-13-18/h2-13,16,19H,15H2,1H3/b9-8+/t16-,19-/m0/s1. The van der Waals surface area contributed by atoms with Gasteiger partial charge in [-0.25, -0.2) is 0 Å². The molecule has 0 aliphatic rings. The first-order chi connectivity index (χ1) is 10.7. The van der Waals surface area contributed by atoms with Gasteiger partial charge in [0.1, 0.15) is 0 Å². The second kappa shape index (κ2) is 7.95. The van der Waals surface area contributed by atoms with Crippen LogP contribution in [-0.4, -0.2) is 5.78 Å². The van der Waals surface area contributed by atoms with Crippen molar-refractivity contribution in [3.63, 3.8) is 0 Å². The highest BCUT2D eigenvalue weighted by molar-refractivity contribution is 5.96. The van der Waals surface area contributed by atoms with Crippen molar-refractivity contribution in [2.24, 2.45) is 5.92 Å². The Hall–Kier alpha value is -2.66. The summed E-state index contributed by atoms with van der Waals surface area (Å²) in [5.41, 5.74) is 1.86. The number of carbonyl (C=O) groups excluding carboxylic acids is 1. The third kappa shape index (κ3) is 4.17. The van der Waals surface area contributed by atoms with Gasteiger partial charge in [-0.2, -0.15) is 5.26 Å². The normalized spacial score (nSPS) is 13.5. The first-order valence-electron chi connectivity index (χ1n) is 7.42. The van der Waals surface area contributed by atoms with Crippen LogP contribution in [0.25, 0.3) is 0 Å². The van der Waals surface area contributed by atoms with Crippen LogP contribution in [0.1, 0.15) is 35.2 Å². The number of rotatable bonds is 6. The summed E-state index contributed by atoms with van der Waals surface area (Å²) in [6.45, 7) is 2.05. The maximum absolute atomic E-state index is 12.5. The number of carbonyl (C=O) groups is 1. The molecule has 0 aliphatic heterocycles. The fourth-order valence-corrected chi connectivity index (χ4v) is 2.58. The number of ketones is 1. The van der Waals surface area contributed by atoms with Crippen molar-refractivity contribution in [1.29, 1.82) is 5.26 Å². The maximum atomic E-state index is 12.5. The van der Waals surface area contributed by atoms with Crippen LogP contribution in [-0.2, 0) is 0 Å². The van der Waals surface area contributed by atoms with Crippen LogP contribution >= 0.6 is 0 Å². The van der Waals surface area contributed by atoms with E-state index in [1.54, 1.807) is 0 Å². The van der Waals surface area contributed by atoms with E-state index in [9.17, 15) is 4.79 Å². The molecule has 2 nitrogen and oxygen atoms in total. The van der Waals surface area contributed by atoms with Crippen molar-refractivity contribution in [2.75, 3.05) is 0 Å². The van der Waals surface area contributed by atoms with Crippen LogP contribution in [0.15, 0.2) is 72.8 Å². The first kappa shape index (κ1) is 15.7. The van der Waals surface area contributed by atoms with Gasteiger partial charge in [-0.15, -0.1) is 0 Å². The highest BCUT2D eigenvalue weighted by Gasteiger charge is 2.21. The van der Waals surface area contributed by atoms with Gasteiger partial charge < -0.3 is 0 Å². The molecular formula is C20H19NO. The second-order valence-corrected chi connectivity index (χ2v) is 5.36. The molecule has 22 heavy (non-hydrogen) atoms. The Morgan fingerprint density at radius 1 is 1.09 bits per heavy atom. The molecular weight excluding hydrogens is 270 g/mol. The van der Waals surface area contributed by atoms with E-state index < -0.39 is 0 Å². The number of hydrogen-bond acceptors (Lipinski definition) is 2. The van der Waals surface area contributed by atoms with E-state index in [2.05, 4.69) is 0 Å². The Morgan fingerprint density at radius 2 is 1.68 bits per heavy atom. The topological polar surface area (TPSA) is 40.9 Å². The monoisotopic (exact) mass is 289 g/mol. The Morgan fingerprint density at radius 3 is 2.27 bits per heavy atom. The van der Waals surface area contributed by atoms with Gasteiger partial charge in [-0.3, -0.25) is 4.79 Å². The summed E-state index contributed by atoms with van der Waals surface area (Å²) >= 11 is 0. The molecule has 2 aromatic rings. The largest absolute Gasteiger partial charge is 0.294 e. The van der Waals surface area contributed by atoms with Crippen molar-refractivity contribution in [3.05, 3.63) is 83.9 Å². The summed E-state index contributed by atoms with van der Waals surface area (Å²) in [5.74, 6) is 0.319. The third-order valence-corrected chi connectivity index (χ3v) is 3.84. The first-order valence-corrected chi connectivity index (χ1v) is 7.42. The summed E-state index contributed by atoms with van der Waals surface area (Å²) < 4.78 is 0. The lowest BCUT2D eigenvalue weighted by Crippen LogP contribution is -2.13. The Labute approximate surface area is 131 Å². The number of nitrogens with zero attached hydrogens (tertiary/aromatic N) is 1. The summed E-state index contributed by atoms with van der Waals surface area (Å²) in [7, 11) is 0. The van der Waals surface area contributed by atoms with Gasteiger partial charge in [0.25, 0.3) is 0 Å². The van der Waals surface area contributed by atoms with Gasteiger partial charge in [0, 0.05) is 18.1 Å². The molecule has 2 heteroatoms. The lowest BCUT2D eigenvalue weighted by molar-refractivity contribution is 0.0968. The highest BCUT2D eigenvalue weighted by atomic mass is 16.1. The number of nitriles is 1. The van der Waals surface area contributed by atoms with Crippen molar-refractivity contribution in [2.45, 2.75) is 19.3 Å². The lowest BCUT2D eigenvalue weighted by Gasteiger charge is -2.21. The minimum absolute atomic E-state index is 0.0681. The van der Waals surface area contributed by atoms with Crippen LogP contribution in [0.2, 0.25) is 0 Å². The predicted octanol–water partition coefficient (Wildman–Crippen LogP) is 4.76. The van der Waals surface area contributed by atoms with Crippen LogP contribution in [0.4, 0.5) is 0 Å². The zero-order valence-corrected chi connectivity index (χ0v) is 12.6. The molecule has 0 saturated carbocycles. The van der Waals surface area contributed by atoms with E-state index in [1.165, 1.54) is 6.08 Å². The van der Waals surface area contributed by atoms with Crippen LogP contribution in [0, 0.1) is 17.2 Å². The van der Waals surface area contributed by atoms with E-state index in [0.717, 1.165) is 11.1 Å².